The number of hydrogen-bond donors (Lipinski definition) is 0. The van der Waals surface area contributed by atoms with Crippen LogP contribution in [0, 0.1) is 17.8 Å². The molecule has 1 heterocycles. The van der Waals surface area contributed by atoms with Gasteiger partial charge >= 0.3 is 0 Å². The van der Waals surface area contributed by atoms with Crippen LogP contribution in [0.5, 0.6) is 5.75 Å². The van der Waals surface area contributed by atoms with Crippen molar-refractivity contribution in [2.24, 2.45) is 0 Å². The molecule has 0 atom stereocenters. The standard InChI is InChI=1S/C15H12FNO/c1-2-18-14-8-5-12(6-9-14)3-4-13-7-10-15(16)17-11-13/h5-11H,2H2,1H3. The second-order valence-electron chi connectivity index (χ2n) is 3.58. The molecule has 0 amide bonds. The van der Waals surface area contributed by atoms with E-state index in [0.29, 0.717) is 12.2 Å². The second kappa shape index (κ2) is 5.83. The van der Waals surface area contributed by atoms with Crippen molar-refractivity contribution < 1.29 is 9.13 Å². The fourth-order valence-electron chi connectivity index (χ4n) is 1.40. The maximum absolute atomic E-state index is 12.6. The van der Waals surface area contributed by atoms with Gasteiger partial charge in [0.2, 0.25) is 5.95 Å². The van der Waals surface area contributed by atoms with E-state index in [1.165, 1.54) is 12.3 Å². The number of hydrogen-bond acceptors (Lipinski definition) is 2. The molecule has 0 fully saturated rings. The maximum Gasteiger partial charge on any atom is 0.212 e. The average molecular weight is 241 g/mol. The third kappa shape index (κ3) is 3.33. The van der Waals surface area contributed by atoms with Crippen molar-refractivity contribution in [1.29, 1.82) is 0 Å². The first-order valence-corrected chi connectivity index (χ1v) is 5.64. The molecule has 2 rings (SSSR count). The number of rotatable bonds is 2. The van der Waals surface area contributed by atoms with Gasteiger partial charge in [0, 0.05) is 17.3 Å². The molecule has 0 spiro atoms. The maximum atomic E-state index is 12.6. The lowest BCUT2D eigenvalue weighted by molar-refractivity contribution is 0.340. The summed E-state index contributed by atoms with van der Waals surface area (Å²) in [6.45, 7) is 2.58. The molecule has 1 aromatic heterocycles. The Labute approximate surface area is 105 Å². The molecule has 0 N–H and O–H groups in total. The molecule has 90 valence electrons. The van der Waals surface area contributed by atoms with Gasteiger partial charge in [-0.05, 0) is 43.3 Å². The van der Waals surface area contributed by atoms with E-state index in [-0.39, 0.29) is 0 Å². The minimum atomic E-state index is -0.499. The highest BCUT2D eigenvalue weighted by atomic mass is 19.1. The van der Waals surface area contributed by atoms with Crippen LogP contribution in [0.25, 0.3) is 0 Å². The summed E-state index contributed by atoms with van der Waals surface area (Å²) in [7, 11) is 0. The summed E-state index contributed by atoms with van der Waals surface area (Å²) in [5.41, 5.74) is 1.56. The highest BCUT2D eigenvalue weighted by Gasteiger charge is 1.92. The highest BCUT2D eigenvalue weighted by Crippen LogP contribution is 2.11. The summed E-state index contributed by atoms with van der Waals surface area (Å²) in [6.07, 6.45) is 1.41. The van der Waals surface area contributed by atoms with Gasteiger partial charge in [0.15, 0.2) is 0 Å². The zero-order chi connectivity index (χ0) is 12.8. The van der Waals surface area contributed by atoms with Gasteiger partial charge in [0.25, 0.3) is 0 Å². The minimum absolute atomic E-state index is 0.499. The van der Waals surface area contributed by atoms with Crippen LogP contribution in [-0.2, 0) is 0 Å². The van der Waals surface area contributed by atoms with Gasteiger partial charge in [-0.25, -0.2) is 4.98 Å². The number of benzene rings is 1. The van der Waals surface area contributed by atoms with Crippen LogP contribution in [-0.4, -0.2) is 11.6 Å². The Morgan fingerprint density at radius 3 is 2.33 bits per heavy atom. The molecule has 0 saturated carbocycles. The lowest BCUT2D eigenvalue weighted by Gasteiger charge is -2.01. The van der Waals surface area contributed by atoms with Crippen LogP contribution in [0.2, 0.25) is 0 Å². The Balaban J connectivity index is 2.12. The average Bonchev–Trinajstić information content (AvgIpc) is 2.40. The number of nitrogens with zero attached hydrogens (tertiary/aromatic N) is 1. The molecule has 0 bridgehead atoms. The predicted molar refractivity (Wildman–Crippen MR) is 67.8 cm³/mol. The number of aromatic nitrogens is 1. The fourth-order valence-corrected chi connectivity index (χ4v) is 1.40. The van der Waals surface area contributed by atoms with E-state index < -0.39 is 5.95 Å². The van der Waals surface area contributed by atoms with E-state index in [2.05, 4.69) is 16.8 Å². The number of pyridine rings is 1. The fraction of sp³-hybridized carbons (Fsp3) is 0.133. The summed E-state index contributed by atoms with van der Waals surface area (Å²) in [6, 6.07) is 10.4. The van der Waals surface area contributed by atoms with Gasteiger partial charge in [0.05, 0.1) is 6.61 Å². The molecule has 3 heteroatoms. The zero-order valence-corrected chi connectivity index (χ0v) is 9.98. The highest BCUT2D eigenvalue weighted by molar-refractivity contribution is 5.43. The smallest absolute Gasteiger partial charge is 0.212 e. The van der Waals surface area contributed by atoms with Crippen LogP contribution in [0.4, 0.5) is 4.39 Å². The molecule has 0 saturated heterocycles. The van der Waals surface area contributed by atoms with Crippen molar-refractivity contribution in [1.82, 2.24) is 4.98 Å². The molecule has 0 aliphatic rings. The summed E-state index contributed by atoms with van der Waals surface area (Å²) in [5, 5.41) is 0. The first kappa shape index (κ1) is 12.1. The van der Waals surface area contributed by atoms with E-state index >= 15 is 0 Å². The van der Waals surface area contributed by atoms with E-state index in [1.807, 2.05) is 31.2 Å². The largest absolute Gasteiger partial charge is 0.494 e. The van der Waals surface area contributed by atoms with Crippen molar-refractivity contribution in [2.75, 3.05) is 6.61 Å². The Morgan fingerprint density at radius 2 is 1.72 bits per heavy atom. The molecule has 0 unspecified atom stereocenters. The summed E-state index contributed by atoms with van der Waals surface area (Å²) >= 11 is 0. The number of ether oxygens (including phenoxy) is 1. The normalized spacial score (nSPS) is 9.44. The third-order valence-electron chi connectivity index (χ3n) is 2.24. The second-order valence-corrected chi connectivity index (χ2v) is 3.58. The van der Waals surface area contributed by atoms with Gasteiger partial charge in [-0.1, -0.05) is 11.8 Å². The molecule has 0 radical (unpaired) electrons. The van der Waals surface area contributed by atoms with Crippen LogP contribution in [0.1, 0.15) is 18.1 Å². The zero-order valence-electron chi connectivity index (χ0n) is 9.98. The lowest BCUT2D eigenvalue weighted by atomic mass is 10.2. The Hall–Kier alpha value is -2.34. The van der Waals surface area contributed by atoms with Crippen molar-refractivity contribution in [3.05, 3.63) is 59.7 Å². The van der Waals surface area contributed by atoms with Gasteiger partial charge in [-0.3, -0.25) is 0 Å². The van der Waals surface area contributed by atoms with Gasteiger partial charge in [0.1, 0.15) is 5.75 Å². The molecule has 2 nitrogen and oxygen atoms in total. The van der Waals surface area contributed by atoms with Gasteiger partial charge in [-0.15, -0.1) is 0 Å². The monoisotopic (exact) mass is 241 g/mol. The van der Waals surface area contributed by atoms with Crippen molar-refractivity contribution in [3.63, 3.8) is 0 Å². The molecular formula is C15H12FNO. The van der Waals surface area contributed by atoms with E-state index in [0.717, 1.165) is 11.3 Å². The Morgan fingerprint density at radius 1 is 1.06 bits per heavy atom. The van der Waals surface area contributed by atoms with Crippen molar-refractivity contribution in [3.8, 4) is 17.6 Å². The SMILES string of the molecule is CCOc1ccc(C#Cc2ccc(F)nc2)cc1. The van der Waals surface area contributed by atoms with E-state index in [4.69, 9.17) is 4.74 Å². The molecule has 2 aromatic rings. The molecule has 18 heavy (non-hydrogen) atoms. The van der Waals surface area contributed by atoms with Crippen LogP contribution >= 0.6 is 0 Å². The first-order chi connectivity index (χ1) is 8.78. The van der Waals surface area contributed by atoms with E-state index in [9.17, 15) is 4.39 Å². The third-order valence-corrected chi connectivity index (χ3v) is 2.24. The Bertz CT molecular complexity index is 564. The molecule has 1 aromatic carbocycles. The quantitative estimate of drug-likeness (QED) is 0.595. The minimum Gasteiger partial charge on any atom is -0.494 e. The molecule has 0 aliphatic heterocycles. The summed E-state index contributed by atoms with van der Waals surface area (Å²) in [5.74, 6) is 6.23. The van der Waals surface area contributed by atoms with Crippen molar-refractivity contribution >= 4 is 0 Å². The molecule has 0 aliphatic carbocycles. The van der Waals surface area contributed by atoms with E-state index in [1.54, 1.807) is 6.07 Å². The topological polar surface area (TPSA) is 22.1 Å². The lowest BCUT2D eigenvalue weighted by Crippen LogP contribution is -1.90. The van der Waals surface area contributed by atoms with Crippen LogP contribution < -0.4 is 4.74 Å². The predicted octanol–water partition coefficient (Wildman–Crippen LogP) is 3.02. The Kier molecular flexibility index (Phi) is 3.93. The van der Waals surface area contributed by atoms with Crippen LogP contribution in [0.15, 0.2) is 42.6 Å². The summed E-state index contributed by atoms with van der Waals surface area (Å²) in [4.78, 5) is 3.54. The van der Waals surface area contributed by atoms with Crippen LogP contribution in [0.3, 0.4) is 0 Å². The van der Waals surface area contributed by atoms with Gasteiger partial charge in [-0.2, -0.15) is 4.39 Å². The number of halogens is 1. The first-order valence-electron chi connectivity index (χ1n) is 5.64. The molecular weight excluding hydrogens is 229 g/mol. The van der Waals surface area contributed by atoms with Gasteiger partial charge < -0.3 is 4.74 Å². The van der Waals surface area contributed by atoms with Crippen molar-refractivity contribution in [2.45, 2.75) is 6.92 Å². The summed E-state index contributed by atoms with van der Waals surface area (Å²) < 4.78 is 17.9.